The summed E-state index contributed by atoms with van der Waals surface area (Å²) in [6, 6.07) is 6.54. The van der Waals surface area contributed by atoms with Gasteiger partial charge in [0.2, 0.25) is 5.91 Å². The lowest BCUT2D eigenvalue weighted by Crippen LogP contribution is -2.39. The maximum Gasteiger partial charge on any atom is 0.261 e. The number of carbonyl (C=O) groups excluding carboxylic acids is 2. The smallest absolute Gasteiger partial charge is 0.261 e. The van der Waals surface area contributed by atoms with Crippen molar-refractivity contribution >= 4 is 34.5 Å². The van der Waals surface area contributed by atoms with E-state index in [4.69, 9.17) is 0 Å². The number of thiophene rings is 2. The standard InChI is InChI=1S/C20H24N2O2S2/c23-19(9-6-14-10-12-25-13-14)22-11-2-5-16(22)17-7-8-18(26-17)20(24)21-15-3-1-4-15/h7-8,10,12-13,15-16H,1-6,9,11H2,(H,21,24)/t16-/m0/s1. The molecule has 0 unspecified atom stereocenters. The van der Waals surface area contributed by atoms with Crippen molar-refractivity contribution in [3.63, 3.8) is 0 Å². The molecule has 0 bridgehead atoms. The van der Waals surface area contributed by atoms with E-state index in [0.717, 1.165) is 48.4 Å². The van der Waals surface area contributed by atoms with E-state index in [0.29, 0.717) is 12.5 Å². The molecule has 2 fully saturated rings. The molecule has 26 heavy (non-hydrogen) atoms. The lowest BCUT2D eigenvalue weighted by molar-refractivity contribution is -0.132. The van der Waals surface area contributed by atoms with Crippen LogP contribution in [0.1, 0.15) is 64.7 Å². The highest BCUT2D eigenvalue weighted by molar-refractivity contribution is 7.14. The van der Waals surface area contributed by atoms with E-state index in [1.54, 1.807) is 22.7 Å². The minimum atomic E-state index is 0.0410. The Bertz CT molecular complexity index is 765. The summed E-state index contributed by atoms with van der Waals surface area (Å²) in [7, 11) is 0. The normalized spacial score (nSPS) is 20.2. The first-order chi connectivity index (χ1) is 12.7. The van der Waals surface area contributed by atoms with Crippen molar-refractivity contribution in [1.82, 2.24) is 10.2 Å². The monoisotopic (exact) mass is 388 g/mol. The van der Waals surface area contributed by atoms with Crippen LogP contribution in [0.15, 0.2) is 29.0 Å². The molecule has 1 saturated carbocycles. The summed E-state index contributed by atoms with van der Waals surface area (Å²) < 4.78 is 0. The number of carbonyl (C=O) groups is 2. The number of hydrogen-bond donors (Lipinski definition) is 1. The van der Waals surface area contributed by atoms with Gasteiger partial charge in [0.25, 0.3) is 5.91 Å². The molecule has 1 N–H and O–H groups in total. The quantitative estimate of drug-likeness (QED) is 0.798. The molecule has 2 aliphatic rings. The zero-order valence-electron chi connectivity index (χ0n) is 14.8. The lowest BCUT2D eigenvalue weighted by atomic mass is 9.93. The van der Waals surface area contributed by atoms with Crippen LogP contribution in [0.3, 0.4) is 0 Å². The summed E-state index contributed by atoms with van der Waals surface area (Å²) in [5.41, 5.74) is 1.24. The average Bonchev–Trinajstić information content (AvgIpc) is 3.35. The molecule has 2 aromatic heterocycles. The Balaban J connectivity index is 1.38. The Hall–Kier alpha value is -1.66. The van der Waals surface area contributed by atoms with E-state index >= 15 is 0 Å². The number of amides is 2. The molecule has 1 aliphatic carbocycles. The van der Waals surface area contributed by atoms with Crippen molar-refractivity contribution < 1.29 is 9.59 Å². The molecule has 4 nitrogen and oxygen atoms in total. The van der Waals surface area contributed by atoms with Crippen molar-refractivity contribution in [3.05, 3.63) is 44.3 Å². The number of rotatable bonds is 6. The highest BCUT2D eigenvalue weighted by Crippen LogP contribution is 2.36. The van der Waals surface area contributed by atoms with Gasteiger partial charge < -0.3 is 10.2 Å². The molecule has 0 aromatic carbocycles. The van der Waals surface area contributed by atoms with Gasteiger partial charge in [-0.05, 0) is 73.0 Å². The van der Waals surface area contributed by atoms with Crippen LogP contribution in [0.25, 0.3) is 0 Å². The third-order valence-electron chi connectivity index (χ3n) is 5.40. The molecular weight excluding hydrogens is 364 g/mol. The summed E-state index contributed by atoms with van der Waals surface area (Å²) in [6.07, 6.45) is 6.81. The van der Waals surface area contributed by atoms with Crippen LogP contribution >= 0.6 is 22.7 Å². The molecule has 4 rings (SSSR count). The summed E-state index contributed by atoms with van der Waals surface area (Å²) in [4.78, 5) is 29.0. The molecule has 138 valence electrons. The Labute approximate surface area is 162 Å². The largest absolute Gasteiger partial charge is 0.349 e. The highest BCUT2D eigenvalue weighted by atomic mass is 32.1. The maximum absolute atomic E-state index is 12.7. The van der Waals surface area contributed by atoms with Crippen molar-refractivity contribution in [2.45, 2.75) is 57.0 Å². The fourth-order valence-corrected chi connectivity index (χ4v) is 5.42. The molecule has 0 spiro atoms. The predicted molar refractivity (Wildman–Crippen MR) is 106 cm³/mol. The molecule has 2 aromatic rings. The molecule has 6 heteroatoms. The van der Waals surface area contributed by atoms with E-state index in [2.05, 4.69) is 22.1 Å². The molecular formula is C20H24N2O2S2. The number of nitrogens with one attached hydrogen (secondary N) is 1. The zero-order valence-corrected chi connectivity index (χ0v) is 16.4. The second-order valence-corrected chi connectivity index (χ2v) is 9.08. The topological polar surface area (TPSA) is 49.4 Å². The van der Waals surface area contributed by atoms with Gasteiger partial charge in [-0.3, -0.25) is 9.59 Å². The van der Waals surface area contributed by atoms with Crippen molar-refractivity contribution in [3.8, 4) is 0 Å². The Morgan fingerprint density at radius 3 is 2.77 bits per heavy atom. The van der Waals surface area contributed by atoms with Gasteiger partial charge in [0.1, 0.15) is 0 Å². The average molecular weight is 389 g/mol. The fraction of sp³-hybridized carbons (Fsp3) is 0.500. The summed E-state index contributed by atoms with van der Waals surface area (Å²) in [5.74, 6) is 0.270. The van der Waals surface area contributed by atoms with E-state index < -0.39 is 0 Å². The first-order valence-corrected chi connectivity index (χ1v) is 11.2. The summed E-state index contributed by atoms with van der Waals surface area (Å²) in [6.45, 7) is 0.828. The summed E-state index contributed by atoms with van der Waals surface area (Å²) in [5, 5.41) is 7.27. The van der Waals surface area contributed by atoms with Crippen LogP contribution in [0, 0.1) is 0 Å². The van der Waals surface area contributed by atoms with E-state index in [1.165, 1.54) is 12.0 Å². The van der Waals surface area contributed by atoms with Gasteiger partial charge in [-0.2, -0.15) is 11.3 Å². The van der Waals surface area contributed by atoms with Crippen molar-refractivity contribution in [1.29, 1.82) is 0 Å². The van der Waals surface area contributed by atoms with E-state index in [-0.39, 0.29) is 17.9 Å². The van der Waals surface area contributed by atoms with Gasteiger partial charge in [0, 0.05) is 23.9 Å². The molecule has 1 saturated heterocycles. The number of aryl methyl sites for hydroxylation is 1. The number of hydrogen-bond acceptors (Lipinski definition) is 4. The van der Waals surface area contributed by atoms with Gasteiger partial charge in [-0.1, -0.05) is 0 Å². The highest BCUT2D eigenvalue weighted by Gasteiger charge is 2.31. The van der Waals surface area contributed by atoms with Gasteiger partial charge in [0.15, 0.2) is 0 Å². The predicted octanol–water partition coefficient (Wildman–Crippen LogP) is 4.39. The van der Waals surface area contributed by atoms with Crippen LogP contribution in [0.5, 0.6) is 0 Å². The van der Waals surface area contributed by atoms with Crippen LogP contribution in [0.4, 0.5) is 0 Å². The van der Waals surface area contributed by atoms with Gasteiger partial charge in [-0.15, -0.1) is 11.3 Å². The maximum atomic E-state index is 12.7. The second-order valence-electron chi connectivity index (χ2n) is 7.18. The first-order valence-electron chi connectivity index (χ1n) is 9.42. The van der Waals surface area contributed by atoms with Crippen LogP contribution in [0.2, 0.25) is 0 Å². The van der Waals surface area contributed by atoms with E-state index in [1.807, 2.05) is 17.0 Å². The summed E-state index contributed by atoms with van der Waals surface area (Å²) >= 11 is 3.22. The zero-order chi connectivity index (χ0) is 17.9. The molecule has 1 atom stereocenters. The van der Waals surface area contributed by atoms with Gasteiger partial charge >= 0.3 is 0 Å². The molecule has 3 heterocycles. The number of likely N-dealkylation sites (tertiary alicyclic amines) is 1. The third kappa shape index (κ3) is 3.86. The number of nitrogens with zero attached hydrogens (tertiary/aromatic N) is 1. The molecule has 2 amide bonds. The second kappa shape index (κ2) is 7.92. The van der Waals surface area contributed by atoms with E-state index in [9.17, 15) is 9.59 Å². The Morgan fingerprint density at radius 1 is 1.15 bits per heavy atom. The van der Waals surface area contributed by atoms with Crippen LogP contribution < -0.4 is 5.32 Å². The minimum Gasteiger partial charge on any atom is -0.349 e. The third-order valence-corrected chi connectivity index (χ3v) is 7.32. The molecule has 0 radical (unpaired) electrons. The Kier molecular flexibility index (Phi) is 5.41. The van der Waals surface area contributed by atoms with Crippen LogP contribution in [-0.4, -0.2) is 29.3 Å². The SMILES string of the molecule is O=C(NC1CCC1)c1ccc([C@@H]2CCCN2C(=O)CCc2ccsc2)s1. The fourth-order valence-electron chi connectivity index (χ4n) is 3.65. The van der Waals surface area contributed by atoms with Gasteiger partial charge in [-0.25, -0.2) is 0 Å². The minimum absolute atomic E-state index is 0.0410. The van der Waals surface area contributed by atoms with Gasteiger partial charge in [0.05, 0.1) is 10.9 Å². The van der Waals surface area contributed by atoms with Crippen molar-refractivity contribution in [2.24, 2.45) is 0 Å². The molecule has 1 aliphatic heterocycles. The van der Waals surface area contributed by atoms with Crippen LogP contribution in [-0.2, 0) is 11.2 Å². The Morgan fingerprint density at radius 2 is 2.04 bits per heavy atom. The first kappa shape index (κ1) is 17.7. The van der Waals surface area contributed by atoms with Crippen molar-refractivity contribution in [2.75, 3.05) is 6.54 Å². The lowest BCUT2D eigenvalue weighted by Gasteiger charge is -2.26.